The summed E-state index contributed by atoms with van der Waals surface area (Å²) in [6, 6.07) is 0.354. The number of carbonyl (C=O) groups is 2. The summed E-state index contributed by atoms with van der Waals surface area (Å²) in [5.74, 6) is 0.305. The Morgan fingerprint density at radius 3 is 2.33 bits per heavy atom. The molecule has 7 nitrogen and oxygen atoms in total. The zero-order valence-corrected chi connectivity index (χ0v) is 21.8. The molecule has 5 unspecified atom stereocenters. The van der Waals surface area contributed by atoms with Crippen molar-refractivity contribution in [3.63, 3.8) is 0 Å². The predicted octanol–water partition coefficient (Wildman–Crippen LogP) is 3.21. The van der Waals surface area contributed by atoms with Crippen molar-refractivity contribution in [2.45, 2.75) is 107 Å². The van der Waals surface area contributed by atoms with E-state index in [0.29, 0.717) is 38.3 Å². The molecule has 1 aliphatic heterocycles. The normalized spacial score (nSPS) is 31.7. The highest BCUT2D eigenvalue weighted by Crippen LogP contribution is 2.33. The number of nitrogens with one attached hydrogen (secondary N) is 2. The molecule has 3 rings (SSSR count). The van der Waals surface area contributed by atoms with Crippen LogP contribution in [-0.2, 0) is 19.4 Å². The Kier molecular flexibility index (Phi) is 9.89. The molecule has 0 radical (unpaired) electrons. The van der Waals surface area contributed by atoms with Crippen molar-refractivity contribution in [3.05, 3.63) is 0 Å². The number of hydrogen-bond acceptors (Lipinski definition) is 5. The van der Waals surface area contributed by atoms with Gasteiger partial charge in [-0.15, -0.1) is 11.6 Å². The molecule has 0 aromatic heterocycles. The number of amides is 2. The van der Waals surface area contributed by atoms with E-state index >= 15 is 0 Å². The Hall–Kier alpha value is -0.860. The van der Waals surface area contributed by atoms with Crippen LogP contribution in [0.25, 0.3) is 0 Å². The van der Waals surface area contributed by atoms with E-state index < -0.39 is 15.2 Å². The molecule has 33 heavy (non-hydrogen) atoms. The first-order valence-corrected chi connectivity index (χ1v) is 15.1. The fourth-order valence-corrected chi connectivity index (χ4v) is 7.54. The van der Waals surface area contributed by atoms with Crippen LogP contribution in [0.4, 0.5) is 0 Å². The van der Waals surface area contributed by atoms with Crippen LogP contribution in [0.5, 0.6) is 0 Å². The minimum Gasteiger partial charge on any atom is -0.353 e. The van der Waals surface area contributed by atoms with Gasteiger partial charge in [-0.1, -0.05) is 26.2 Å². The van der Waals surface area contributed by atoms with Gasteiger partial charge in [0, 0.05) is 36.2 Å². The van der Waals surface area contributed by atoms with Crippen molar-refractivity contribution in [3.8, 4) is 0 Å². The quantitative estimate of drug-likeness (QED) is 0.496. The van der Waals surface area contributed by atoms with Gasteiger partial charge < -0.3 is 15.5 Å². The van der Waals surface area contributed by atoms with Gasteiger partial charge in [-0.2, -0.15) is 0 Å². The molecule has 190 valence electrons. The third-order valence-electron chi connectivity index (χ3n) is 7.88. The Morgan fingerprint density at radius 2 is 1.76 bits per heavy atom. The summed E-state index contributed by atoms with van der Waals surface area (Å²) in [4.78, 5) is 27.9. The maximum Gasteiger partial charge on any atom is 0.227 e. The lowest BCUT2D eigenvalue weighted by atomic mass is 9.83. The topological polar surface area (TPSA) is 95.6 Å². The number of carbonyl (C=O) groups excluding carboxylic acids is 2. The van der Waals surface area contributed by atoms with E-state index in [1.807, 2.05) is 0 Å². The van der Waals surface area contributed by atoms with Crippen LogP contribution >= 0.6 is 11.6 Å². The predicted molar refractivity (Wildman–Crippen MR) is 132 cm³/mol. The number of alkyl halides is 1. The minimum absolute atomic E-state index is 0.00132. The van der Waals surface area contributed by atoms with Crippen LogP contribution < -0.4 is 10.6 Å². The summed E-state index contributed by atoms with van der Waals surface area (Å²) in [5, 5.41) is 5.49. The number of nitrogens with zero attached hydrogens (tertiary/aromatic N) is 1. The van der Waals surface area contributed by atoms with Crippen molar-refractivity contribution in [2.75, 3.05) is 18.8 Å². The molecule has 0 aromatic rings. The fourth-order valence-electron chi connectivity index (χ4n) is 5.84. The molecule has 3 aliphatic rings. The van der Waals surface area contributed by atoms with Crippen LogP contribution in [0, 0.1) is 11.8 Å². The van der Waals surface area contributed by atoms with Gasteiger partial charge in [-0.3, -0.25) is 9.59 Å². The molecule has 2 aliphatic carbocycles. The lowest BCUT2D eigenvalue weighted by Crippen LogP contribution is -2.50. The molecule has 5 atom stereocenters. The van der Waals surface area contributed by atoms with Crippen LogP contribution in [0.3, 0.4) is 0 Å². The molecule has 0 aromatic carbocycles. The van der Waals surface area contributed by atoms with E-state index in [2.05, 4.69) is 22.5 Å². The van der Waals surface area contributed by atoms with Crippen LogP contribution in [0.2, 0.25) is 0 Å². The summed E-state index contributed by atoms with van der Waals surface area (Å²) in [7, 11) is -3.09. The molecule has 1 heterocycles. The molecule has 1 saturated heterocycles. The SMILES string of the molecule is CCN(C(=O)C1CCC(NC(=O)CC2CCC(S(=O)(=O)CC)NC2)CC1Cl)C1CCCCC1. The number of sulfone groups is 1. The smallest absolute Gasteiger partial charge is 0.227 e. The van der Waals surface area contributed by atoms with Crippen LogP contribution in [-0.4, -0.2) is 66.8 Å². The van der Waals surface area contributed by atoms with Crippen molar-refractivity contribution < 1.29 is 18.0 Å². The summed E-state index contributed by atoms with van der Waals surface area (Å²) in [5.41, 5.74) is 0. The number of piperidine rings is 1. The molecule has 2 saturated carbocycles. The summed E-state index contributed by atoms with van der Waals surface area (Å²) < 4.78 is 24.0. The largest absolute Gasteiger partial charge is 0.353 e. The Labute approximate surface area is 204 Å². The van der Waals surface area contributed by atoms with Gasteiger partial charge >= 0.3 is 0 Å². The van der Waals surface area contributed by atoms with Crippen molar-refractivity contribution in [1.82, 2.24) is 15.5 Å². The van der Waals surface area contributed by atoms with E-state index in [1.165, 1.54) is 19.3 Å². The third kappa shape index (κ3) is 7.07. The zero-order valence-electron chi connectivity index (χ0n) is 20.2. The van der Waals surface area contributed by atoms with Gasteiger partial charge in [-0.25, -0.2) is 8.42 Å². The second-order valence-corrected chi connectivity index (χ2v) is 13.1. The Balaban J connectivity index is 1.43. The standard InChI is InChI=1S/C24H42ClN3O4S/c1-3-28(19-8-6-5-7-9-19)24(30)20-12-11-18(15-21(20)25)27-22(29)14-17-10-13-23(26-16-17)33(31,32)4-2/h17-21,23,26H,3-16H2,1-2H3,(H,27,29). The van der Waals surface area contributed by atoms with E-state index in [9.17, 15) is 18.0 Å². The first-order valence-electron chi connectivity index (χ1n) is 12.9. The van der Waals surface area contributed by atoms with Crippen molar-refractivity contribution >= 4 is 33.3 Å². The van der Waals surface area contributed by atoms with Gasteiger partial charge in [0.05, 0.1) is 5.92 Å². The summed E-state index contributed by atoms with van der Waals surface area (Å²) in [6.07, 6.45) is 9.63. The molecule has 9 heteroatoms. The van der Waals surface area contributed by atoms with E-state index in [0.717, 1.165) is 32.2 Å². The third-order valence-corrected chi connectivity index (χ3v) is 10.4. The first-order chi connectivity index (χ1) is 15.7. The molecule has 0 bridgehead atoms. The maximum atomic E-state index is 13.3. The van der Waals surface area contributed by atoms with Gasteiger partial charge in [0.1, 0.15) is 5.37 Å². The lowest BCUT2D eigenvalue weighted by Gasteiger charge is -2.39. The second-order valence-electron chi connectivity index (χ2n) is 10.1. The molecular weight excluding hydrogens is 462 g/mol. The van der Waals surface area contributed by atoms with E-state index in [1.54, 1.807) is 6.92 Å². The first kappa shape index (κ1) is 26.7. The fraction of sp³-hybridized carbons (Fsp3) is 0.917. The van der Waals surface area contributed by atoms with Gasteiger partial charge in [-0.05, 0) is 64.3 Å². The highest BCUT2D eigenvalue weighted by Gasteiger charge is 2.38. The Bertz CT molecular complexity index is 764. The molecule has 2 N–H and O–H groups in total. The molecule has 3 fully saturated rings. The lowest BCUT2D eigenvalue weighted by molar-refractivity contribution is -0.139. The molecule has 0 spiro atoms. The zero-order chi connectivity index (χ0) is 24.0. The average molecular weight is 504 g/mol. The van der Waals surface area contributed by atoms with Crippen molar-refractivity contribution in [1.29, 1.82) is 0 Å². The highest BCUT2D eigenvalue weighted by molar-refractivity contribution is 7.91. The summed E-state index contributed by atoms with van der Waals surface area (Å²) >= 11 is 6.69. The number of halogens is 1. The highest BCUT2D eigenvalue weighted by atomic mass is 35.5. The van der Waals surface area contributed by atoms with E-state index in [-0.39, 0.29) is 40.8 Å². The van der Waals surface area contributed by atoms with Gasteiger partial charge in [0.25, 0.3) is 0 Å². The van der Waals surface area contributed by atoms with Crippen LogP contribution in [0.1, 0.15) is 84.5 Å². The Morgan fingerprint density at radius 1 is 1.03 bits per heavy atom. The average Bonchev–Trinajstić information content (AvgIpc) is 2.80. The minimum atomic E-state index is -3.09. The van der Waals surface area contributed by atoms with Crippen LogP contribution in [0.15, 0.2) is 0 Å². The maximum absolute atomic E-state index is 13.3. The number of rotatable bonds is 8. The van der Waals surface area contributed by atoms with Gasteiger partial charge in [0.15, 0.2) is 9.84 Å². The summed E-state index contributed by atoms with van der Waals surface area (Å²) in [6.45, 7) is 5.00. The second kappa shape index (κ2) is 12.2. The van der Waals surface area contributed by atoms with Crippen molar-refractivity contribution in [2.24, 2.45) is 11.8 Å². The molecular formula is C24H42ClN3O4S. The number of hydrogen-bond donors (Lipinski definition) is 2. The molecule has 2 amide bonds. The van der Waals surface area contributed by atoms with Gasteiger partial charge in [0.2, 0.25) is 11.8 Å². The monoisotopic (exact) mass is 503 g/mol. The van der Waals surface area contributed by atoms with E-state index in [4.69, 9.17) is 11.6 Å².